The van der Waals surface area contributed by atoms with Crippen LogP contribution in [0.1, 0.15) is 32.1 Å². The first-order valence-electron chi connectivity index (χ1n) is 7.47. The summed E-state index contributed by atoms with van der Waals surface area (Å²) in [6, 6.07) is 0. The minimum atomic E-state index is -2.55. The largest absolute Gasteiger partial charge is 0.341 e. The summed E-state index contributed by atoms with van der Waals surface area (Å²) in [5, 5.41) is 0.943. The lowest BCUT2D eigenvalue weighted by Crippen LogP contribution is -2.41. The van der Waals surface area contributed by atoms with Crippen molar-refractivity contribution in [3.63, 3.8) is 0 Å². The Kier molecular flexibility index (Phi) is 5.78. The fraction of sp³-hybridized carbons (Fsp3) is 0.929. The number of carbonyl (C=O) groups excluding carboxylic acids is 1. The highest BCUT2D eigenvalue weighted by Crippen LogP contribution is 2.36. The number of halogens is 3. The third-order valence-corrected chi connectivity index (χ3v) is 4.72. The van der Waals surface area contributed by atoms with E-state index in [1.54, 1.807) is 0 Å². The van der Waals surface area contributed by atoms with Gasteiger partial charge in [0, 0.05) is 50.3 Å². The van der Waals surface area contributed by atoms with Crippen LogP contribution in [0, 0.1) is 5.92 Å². The quantitative estimate of drug-likeness (QED) is 0.729. The van der Waals surface area contributed by atoms with E-state index >= 15 is 0 Å². The highest BCUT2D eigenvalue weighted by molar-refractivity contribution is 9.09. The Morgan fingerprint density at radius 1 is 1.15 bits per heavy atom. The molecule has 6 heteroatoms. The summed E-state index contributed by atoms with van der Waals surface area (Å²) in [6.45, 7) is 4.40. The van der Waals surface area contributed by atoms with E-state index in [4.69, 9.17) is 0 Å². The molecule has 20 heavy (non-hydrogen) atoms. The molecule has 2 rings (SSSR count). The van der Waals surface area contributed by atoms with Crippen LogP contribution in [0.15, 0.2) is 0 Å². The van der Waals surface area contributed by atoms with E-state index in [0.717, 1.165) is 44.5 Å². The molecule has 1 saturated carbocycles. The van der Waals surface area contributed by atoms with Gasteiger partial charge in [0.1, 0.15) is 0 Å². The average Bonchev–Trinajstić information content (AvgIpc) is 2.64. The summed E-state index contributed by atoms with van der Waals surface area (Å²) in [6.07, 6.45) is 1.39. The number of carbonyl (C=O) groups is 1. The molecule has 0 aromatic rings. The van der Waals surface area contributed by atoms with Crippen molar-refractivity contribution in [2.24, 2.45) is 5.92 Å². The van der Waals surface area contributed by atoms with Crippen molar-refractivity contribution in [2.75, 3.05) is 38.1 Å². The maximum absolute atomic E-state index is 13.1. The zero-order chi connectivity index (χ0) is 14.6. The first kappa shape index (κ1) is 16.1. The summed E-state index contributed by atoms with van der Waals surface area (Å²) in [4.78, 5) is 16.7. The predicted molar refractivity (Wildman–Crippen MR) is 78.3 cm³/mol. The Labute approximate surface area is 127 Å². The van der Waals surface area contributed by atoms with Gasteiger partial charge in [-0.15, -0.1) is 0 Å². The number of alkyl halides is 3. The monoisotopic (exact) mass is 352 g/mol. The predicted octanol–water partition coefficient (Wildman–Crippen LogP) is 2.74. The molecule has 1 heterocycles. The fourth-order valence-electron chi connectivity index (χ4n) is 3.08. The molecule has 0 bridgehead atoms. The standard InChI is InChI=1S/C14H23BrF2N2O/c15-6-9-18-7-1-8-19(11-10-18)13(20)12-2-4-14(16,17)5-3-12/h12H,1-11H2. The third-order valence-electron chi connectivity index (χ3n) is 4.37. The van der Waals surface area contributed by atoms with Crippen LogP contribution < -0.4 is 0 Å². The van der Waals surface area contributed by atoms with Crippen LogP contribution in [0.2, 0.25) is 0 Å². The van der Waals surface area contributed by atoms with Crippen molar-refractivity contribution >= 4 is 21.8 Å². The topological polar surface area (TPSA) is 23.6 Å². The summed E-state index contributed by atoms with van der Waals surface area (Å²) < 4.78 is 26.3. The van der Waals surface area contributed by atoms with Gasteiger partial charge < -0.3 is 9.80 Å². The molecule has 0 unspecified atom stereocenters. The molecule has 3 nitrogen and oxygen atoms in total. The summed E-state index contributed by atoms with van der Waals surface area (Å²) >= 11 is 3.43. The van der Waals surface area contributed by atoms with E-state index in [9.17, 15) is 13.6 Å². The van der Waals surface area contributed by atoms with Crippen molar-refractivity contribution in [1.82, 2.24) is 9.80 Å². The maximum atomic E-state index is 13.1. The molecule has 0 aromatic heterocycles. The van der Waals surface area contributed by atoms with Gasteiger partial charge in [-0.05, 0) is 25.8 Å². The van der Waals surface area contributed by atoms with Crippen LogP contribution in [-0.4, -0.2) is 59.7 Å². The van der Waals surface area contributed by atoms with Crippen molar-refractivity contribution in [1.29, 1.82) is 0 Å². The number of amides is 1. The van der Waals surface area contributed by atoms with Crippen molar-refractivity contribution in [3.8, 4) is 0 Å². The van der Waals surface area contributed by atoms with Gasteiger partial charge in [0.2, 0.25) is 11.8 Å². The van der Waals surface area contributed by atoms with Crippen molar-refractivity contribution in [3.05, 3.63) is 0 Å². The van der Waals surface area contributed by atoms with Crippen LogP contribution in [0.3, 0.4) is 0 Å². The molecule has 2 fully saturated rings. The van der Waals surface area contributed by atoms with E-state index in [2.05, 4.69) is 20.8 Å². The van der Waals surface area contributed by atoms with Crippen LogP contribution in [0.25, 0.3) is 0 Å². The smallest absolute Gasteiger partial charge is 0.248 e. The highest BCUT2D eigenvalue weighted by atomic mass is 79.9. The minimum absolute atomic E-state index is 0.0983. The van der Waals surface area contributed by atoms with Crippen LogP contribution in [-0.2, 0) is 4.79 Å². The molecular formula is C14H23BrF2N2O. The van der Waals surface area contributed by atoms with Crippen LogP contribution in [0.4, 0.5) is 8.78 Å². The zero-order valence-corrected chi connectivity index (χ0v) is 13.4. The first-order chi connectivity index (χ1) is 9.52. The minimum Gasteiger partial charge on any atom is -0.341 e. The van der Waals surface area contributed by atoms with E-state index in [-0.39, 0.29) is 24.7 Å². The highest BCUT2D eigenvalue weighted by Gasteiger charge is 2.38. The lowest BCUT2D eigenvalue weighted by molar-refractivity contribution is -0.139. The van der Waals surface area contributed by atoms with E-state index in [0.29, 0.717) is 12.8 Å². The van der Waals surface area contributed by atoms with Gasteiger partial charge in [0.25, 0.3) is 0 Å². The van der Waals surface area contributed by atoms with Gasteiger partial charge in [0.15, 0.2) is 0 Å². The molecule has 0 spiro atoms. The van der Waals surface area contributed by atoms with Gasteiger partial charge in [-0.1, -0.05) is 15.9 Å². The Bertz CT molecular complexity index is 331. The second-order valence-electron chi connectivity index (χ2n) is 5.84. The van der Waals surface area contributed by atoms with Gasteiger partial charge >= 0.3 is 0 Å². The van der Waals surface area contributed by atoms with Crippen LogP contribution >= 0.6 is 15.9 Å². The average molecular weight is 353 g/mol. The van der Waals surface area contributed by atoms with Gasteiger partial charge in [-0.3, -0.25) is 4.79 Å². The molecule has 0 N–H and O–H groups in total. The maximum Gasteiger partial charge on any atom is 0.248 e. The summed E-state index contributed by atoms with van der Waals surface area (Å²) in [5.74, 6) is -2.64. The second-order valence-corrected chi connectivity index (χ2v) is 6.63. The van der Waals surface area contributed by atoms with Crippen molar-refractivity contribution in [2.45, 2.75) is 38.0 Å². The lowest BCUT2D eigenvalue weighted by Gasteiger charge is -2.31. The van der Waals surface area contributed by atoms with Crippen molar-refractivity contribution < 1.29 is 13.6 Å². The number of hydrogen-bond donors (Lipinski definition) is 0. The van der Waals surface area contributed by atoms with E-state index in [1.165, 1.54) is 0 Å². The normalized spacial score (nSPS) is 25.4. The Balaban J connectivity index is 1.83. The second kappa shape index (κ2) is 7.16. The Hall–Kier alpha value is -0.230. The fourth-order valence-corrected chi connectivity index (χ4v) is 3.58. The molecule has 1 aliphatic carbocycles. The molecule has 1 aliphatic heterocycles. The molecule has 1 amide bonds. The number of rotatable bonds is 3. The summed E-state index contributed by atoms with van der Waals surface area (Å²) in [7, 11) is 0. The van der Waals surface area contributed by atoms with Gasteiger partial charge in [-0.2, -0.15) is 0 Å². The van der Waals surface area contributed by atoms with Gasteiger partial charge in [0.05, 0.1) is 0 Å². The molecule has 2 aliphatic rings. The number of hydrogen-bond acceptors (Lipinski definition) is 2. The van der Waals surface area contributed by atoms with E-state index < -0.39 is 5.92 Å². The molecule has 0 radical (unpaired) electrons. The molecule has 0 atom stereocenters. The Morgan fingerprint density at radius 2 is 1.85 bits per heavy atom. The Morgan fingerprint density at radius 3 is 2.50 bits per heavy atom. The third kappa shape index (κ3) is 4.38. The lowest BCUT2D eigenvalue weighted by atomic mass is 9.86. The summed E-state index contributed by atoms with van der Waals surface area (Å²) in [5.41, 5.74) is 0. The molecule has 0 aromatic carbocycles. The SMILES string of the molecule is O=C(C1CCC(F)(F)CC1)N1CCCN(CCBr)CC1. The first-order valence-corrected chi connectivity index (χ1v) is 8.59. The molecule has 116 valence electrons. The van der Waals surface area contributed by atoms with Gasteiger partial charge in [-0.25, -0.2) is 8.78 Å². The number of nitrogens with zero attached hydrogens (tertiary/aromatic N) is 2. The molecule has 1 saturated heterocycles. The van der Waals surface area contributed by atoms with Crippen LogP contribution in [0.5, 0.6) is 0 Å². The zero-order valence-electron chi connectivity index (χ0n) is 11.8. The molecular weight excluding hydrogens is 330 g/mol. The van der Waals surface area contributed by atoms with E-state index in [1.807, 2.05) is 4.90 Å².